The fraction of sp³-hybridized carbons (Fsp3) is 0.481. The fourth-order valence-corrected chi connectivity index (χ4v) is 11.3. The average Bonchev–Trinajstić information content (AvgIpc) is 3.92. The number of likely N-dealkylation sites (tertiary alicyclic amines) is 1. The summed E-state index contributed by atoms with van der Waals surface area (Å²) in [4.78, 5) is 69.6. The Bertz CT molecular complexity index is 2550. The Morgan fingerprint density at radius 3 is 2.26 bits per heavy atom. The van der Waals surface area contributed by atoms with E-state index in [4.69, 9.17) is 15.6 Å². The van der Waals surface area contributed by atoms with Crippen molar-refractivity contribution in [3.8, 4) is 22.8 Å². The van der Waals surface area contributed by atoms with Crippen molar-refractivity contribution in [1.82, 2.24) is 44.7 Å². The minimum atomic E-state index is -0.581. The summed E-state index contributed by atoms with van der Waals surface area (Å²) in [6.07, 6.45) is 14.0. The molecular weight excluding hydrogens is 877 g/mol. The zero-order valence-corrected chi connectivity index (χ0v) is 39.8. The van der Waals surface area contributed by atoms with E-state index in [0.717, 1.165) is 116 Å². The lowest BCUT2D eigenvalue weighted by molar-refractivity contribution is -0.137. The van der Waals surface area contributed by atoms with Crippen molar-refractivity contribution in [3.05, 3.63) is 90.3 Å². The maximum Gasteiger partial charge on any atom is 0.255 e. The van der Waals surface area contributed by atoms with Crippen LogP contribution in [0.5, 0.6) is 11.5 Å². The Morgan fingerprint density at radius 2 is 1.50 bits per heavy atom. The summed E-state index contributed by atoms with van der Waals surface area (Å²) in [5, 5.41) is 8.19. The summed E-state index contributed by atoms with van der Waals surface area (Å²) in [6.45, 7) is 8.18. The predicted octanol–water partition coefficient (Wildman–Crippen LogP) is 7.71. The minimum absolute atomic E-state index is 0.0102. The van der Waals surface area contributed by atoms with E-state index in [1.165, 1.54) is 44.9 Å². The topological polar surface area (TPSA) is 172 Å². The molecule has 4 aliphatic rings. The molecule has 4 aliphatic heterocycles. The number of unbranched alkanes of at least 4 members (excludes halogenated alkanes) is 6. The first-order chi connectivity index (χ1) is 33.3. The number of nitrogens with one attached hydrogen (secondary N) is 1. The van der Waals surface area contributed by atoms with Crippen LogP contribution in [0.4, 0.5) is 5.82 Å². The third kappa shape index (κ3) is 11.4. The summed E-state index contributed by atoms with van der Waals surface area (Å²) in [7, 11) is 0. The third-order valence-electron chi connectivity index (χ3n) is 14.0. The zero-order chi connectivity index (χ0) is 46.8. The molecule has 3 aromatic carbocycles. The second kappa shape index (κ2) is 22.5. The third-order valence-corrected chi connectivity index (χ3v) is 15.2. The van der Waals surface area contributed by atoms with Gasteiger partial charge < -0.3 is 30.1 Å². The number of anilines is 1. The number of piperidine rings is 2. The number of carbonyl (C=O) groups is 4. The number of benzene rings is 3. The lowest BCUT2D eigenvalue weighted by Gasteiger charge is -2.35. The monoisotopic (exact) mass is 940 g/mol. The van der Waals surface area contributed by atoms with Gasteiger partial charge in [0.25, 0.3) is 5.91 Å². The molecule has 3 fully saturated rings. The number of amides is 4. The molecule has 68 heavy (non-hydrogen) atoms. The van der Waals surface area contributed by atoms with Gasteiger partial charge in [0.2, 0.25) is 17.7 Å². The second-order valence-electron chi connectivity index (χ2n) is 18.6. The van der Waals surface area contributed by atoms with Crippen molar-refractivity contribution in [2.45, 2.75) is 107 Å². The lowest BCUT2D eigenvalue weighted by Crippen LogP contribution is -2.52. The molecule has 2 aromatic heterocycles. The fourth-order valence-electron chi connectivity index (χ4n) is 10.2. The summed E-state index contributed by atoms with van der Waals surface area (Å²) in [6, 6.07) is 22.8. The predicted molar refractivity (Wildman–Crippen MR) is 264 cm³/mol. The van der Waals surface area contributed by atoms with Crippen LogP contribution < -0.4 is 15.8 Å². The molecule has 9 rings (SSSR count). The highest BCUT2D eigenvalue weighted by Gasteiger charge is 2.40. The Labute approximate surface area is 403 Å². The average molecular weight is 941 g/mol. The van der Waals surface area contributed by atoms with Gasteiger partial charge in [-0.05, 0) is 111 Å². The molecule has 1 unspecified atom stereocenters. The number of rotatable bonds is 20. The maximum atomic E-state index is 13.6. The number of carbonyl (C=O) groups excluding carboxylic acids is 4. The largest absolute Gasteiger partial charge is 0.457 e. The number of nitrogens with two attached hydrogens (primary N) is 1. The van der Waals surface area contributed by atoms with Crippen molar-refractivity contribution in [3.63, 3.8) is 0 Å². The first-order valence-corrected chi connectivity index (χ1v) is 25.7. The highest BCUT2D eigenvalue weighted by molar-refractivity contribution is 7.99. The molecule has 4 amide bonds. The van der Waals surface area contributed by atoms with Crippen LogP contribution in [-0.4, -0.2) is 127 Å². The Morgan fingerprint density at radius 1 is 0.779 bits per heavy atom. The first kappa shape index (κ1) is 47.2. The summed E-state index contributed by atoms with van der Waals surface area (Å²) >= 11 is 1.81. The van der Waals surface area contributed by atoms with Gasteiger partial charge in [-0.15, -0.1) is 11.8 Å². The molecule has 0 bridgehead atoms. The number of para-hydroxylation sites is 1. The van der Waals surface area contributed by atoms with Crippen LogP contribution in [0.3, 0.4) is 0 Å². The quantitative estimate of drug-likeness (QED) is 0.0443. The van der Waals surface area contributed by atoms with Gasteiger partial charge in [0, 0.05) is 74.7 Å². The summed E-state index contributed by atoms with van der Waals surface area (Å²) in [5.41, 5.74) is 10.4. The smallest absolute Gasteiger partial charge is 0.255 e. The van der Waals surface area contributed by atoms with Gasteiger partial charge in [0.1, 0.15) is 35.4 Å². The van der Waals surface area contributed by atoms with Crippen molar-refractivity contribution in [1.29, 1.82) is 0 Å². The molecule has 0 aliphatic carbocycles. The highest BCUT2D eigenvalue weighted by Crippen LogP contribution is 2.37. The molecule has 15 nitrogen and oxygen atoms in total. The van der Waals surface area contributed by atoms with Gasteiger partial charge in [-0.25, -0.2) is 14.6 Å². The molecule has 6 heterocycles. The van der Waals surface area contributed by atoms with Crippen molar-refractivity contribution in [2.75, 3.05) is 63.8 Å². The number of imide groups is 1. The van der Waals surface area contributed by atoms with Gasteiger partial charge >= 0.3 is 0 Å². The van der Waals surface area contributed by atoms with E-state index in [1.807, 2.05) is 76.3 Å². The summed E-state index contributed by atoms with van der Waals surface area (Å²) in [5.74, 6) is 2.35. The number of piperazine rings is 1. The van der Waals surface area contributed by atoms with E-state index in [2.05, 4.69) is 31.2 Å². The van der Waals surface area contributed by atoms with Gasteiger partial charge in [-0.2, -0.15) is 5.10 Å². The number of hydrogen-bond acceptors (Lipinski definition) is 12. The van der Waals surface area contributed by atoms with Crippen LogP contribution >= 0.6 is 11.8 Å². The van der Waals surface area contributed by atoms with Crippen molar-refractivity contribution < 1.29 is 23.9 Å². The number of ether oxygens (including phenoxy) is 1. The normalized spacial score (nSPS) is 19.1. The van der Waals surface area contributed by atoms with Crippen LogP contribution in [0.25, 0.3) is 22.3 Å². The van der Waals surface area contributed by atoms with E-state index in [-0.39, 0.29) is 36.1 Å². The Kier molecular flexibility index (Phi) is 15.6. The number of nitrogen functional groups attached to an aromatic ring is 1. The summed E-state index contributed by atoms with van der Waals surface area (Å²) < 4.78 is 7.97. The maximum absolute atomic E-state index is 13.6. The lowest BCUT2D eigenvalue weighted by atomic mass is 10.0. The van der Waals surface area contributed by atoms with Crippen LogP contribution in [-0.2, 0) is 20.9 Å². The van der Waals surface area contributed by atoms with Crippen LogP contribution in [0.2, 0.25) is 0 Å². The van der Waals surface area contributed by atoms with Crippen LogP contribution in [0, 0.1) is 0 Å². The Hall–Kier alpha value is -5.84. The molecule has 3 saturated heterocycles. The first-order valence-electron chi connectivity index (χ1n) is 24.7. The number of aromatic nitrogens is 4. The molecule has 358 valence electrons. The van der Waals surface area contributed by atoms with Gasteiger partial charge in [-0.3, -0.25) is 24.5 Å². The highest BCUT2D eigenvalue weighted by atomic mass is 32.2. The zero-order valence-electron chi connectivity index (χ0n) is 39.0. The molecule has 3 N–H and O–H groups in total. The van der Waals surface area contributed by atoms with Crippen molar-refractivity contribution in [2.24, 2.45) is 0 Å². The second-order valence-corrected chi connectivity index (χ2v) is 19.8. The number of hydrogen-bond donors (Lipinski definition) is 2. The molecule has 5 aromatic rings. The van der Waals surface area contributed by atoms with E-state index in [0.29, 0.717) is 43.0 Å². The minimum Gasteiger partial charge on any atom is -0.457 e. The Balaban J connectivity index is 0.634. The van der Waals surface area contributed by atoms with E-state index >= 15 is 0 Å². The van der Waals surface area contributed by atoms with Crippen LogP contribution in [0.15, 0.2) is 84.0 Å². The van der Waals surface area contributed by atoms with Crippen molar-refractivity contribution >= 4 is 52.2 Å². The molecule has 0 radical (unpaired) electrons. The van der Waals surface area contributed by atoms with Gasteiger partial charge in [0.05, 0.1) is 11.4 Å². The standard InChI is InChI=1S/C52H64N10O5S/c53-49-47-48(37-20-22-40(23-21-37)67-39-15-7-6-8-16-39)57-62(50(47)55-36-54-49)38-14-12-28-60(34-38)46(64)19-13-27-59-31-29-58(30-32-59)26-9-4-2-1-3-5-10-33-68-44-18-11-17-41-42(44)35-61(52(41)66)43-24-25-45(63)56-51(43)65/h6-8,11,15-18,20-23,36,38,43H,1-5,9-10,12-14,19,24-35H2,(H2,53,54,55)(H,56,63,65)/t38-,43?/m1/s1. The van der Waals surface area contributed by atoms with E-state index < -0.39 is 6.04 Å². The molecular formula is C52H64N10O5S. The number of nitrogens with zero attached hydrogens (tertiary/aromatic N) is 8. The van der Waals surface area contributed by atoms with E-state index in [1.54, 1.807) is 16.7 Å². The molecule has 0 spiro atoms. The number of fused-ring (bicyclic) bond motifs is 2. The van der Waals surface area contributed by atoms with E-state index in [9.17, 15) is 19.2 Å². The molecule has 16 heteroatoms. The number of thioether (sulfide) groups is 1. The van der Waals surface area contributed by atoms with Gasteiger partial charge in [-0.1, -0.05) is 56.4 Å². The molecule has 0 saturated carbocycles. The molecule has 2 atom stereocenters. The van der Waals surface area contributed by atoms with Crippen LogP contribution in [0.1, 0.15) is 105 Å². The SMILES string of the molecule is Nc1ncnc2c1c(-c1ccc(Oc3ccccc3)cc1)nn2[C@@H]1CCCN(C(=O)CCCN2CCN(CCCCCCCCCSc3cccc4c3CN(C3CCC(=O)NC3=O)C4=O)CC2)C1. The van der Waals surface area contributed by atoms with Gasteiger partial charge in [0.15, 0.2) is 5.65 Å².